The first kappa shape index (κ1) is 16.1. The Balaban J connectivity index is 1.81. The number of nitrogens with one attached hydrogen (secondary N) is 2. The highest BCUT2D eigenvalue weighted by Gasteiger charge is 2.30. The minimum atomic E-state index is -0.109. The minimum absolute atomic E-state index is 0.00808. The summed E-state index contributed by atoms with van der Waals surface area (Å²) in [7, 11) is 0. The van der Waals surface area contributed by atoms with Gasteiger partial charge < -0.3 is 21.3 Å². The highest BCUT2D eigenvalue weighted by molar-refractivity contribution is 5.81. The molecule has 6 nitrogen and oxygen atoms in total. The predicted molar refractivity (Wildman–Crippen MR) is 81.7 cm³/mol. The summed E-state index contributed by atoms with van der Waals surface area (Å²) < 4.78 is 0. The van der Waals surface area contributed by atoms with Gasteiger partial charge in [0.1, 0.15) is 0 Å². The number of nitrogens with zero attached hydrogens (tertiary/aromatic N) is 1. The molecule has 1 unspecified atom stereocenters. The molecule has 2 atom stereocenters. The summed E-state index contributed by atoms with van der Waals surface area (Å²) in [4.78, 5) is 26.2. The van der Waals surface area contributed by atoms with E-state index in [1.165, 1.54) is 12.8 Å². The van der Waals surface area contributed by atoms with Crippen molar-refractivity contribution in [1.82, 2.24) is 15.5 Å². The van der Waals surface area contributed by atoms with Crippen LogP contribution in [0.5, 0.6) is 0 Å². The highest BCUT2D eigenvalue weighted by atomic mass is 16.2. The van der Waals surface area contributed by atoms with Gasteiger partial charge in [-0.05, 0) is 32.6 Å². The molecule has 0 aromatic carbocycles. The monoisotopic (exact) mass is 296 g/mol. The second kappa shape index (κ2) is 7.64. The molecule has 1 aliphatic heterocycles. The average Bonchev–Trinajstić information content (AvgIpc) is 3.00. The van der Waals surface area contributed by atoms with Crippen LogP contribution in [0, 0.1) is 5.92 Å². The molecule has 2 aliphatic rings. The molecule has 6 heteroatoms. The van der Waals surface area contributed by atoms with Gasteiger partial charge in [-0.25, -0.2) is 4.79 Å². The van der Waals surface area contributed by atoms with E-state index in [-0.39, 0.29) is 23.9 Å². The normalized spacial score (nSPS) is 24.7. The van der Waals surface area contributed by atoms with Crippen LogP contribution in [0.15, 0.2) is 0 Å². The second-order valence-corrected chi connectivity index (χ2v) is 6.36. The zero-order valence-corrected chi connectivity index (χ0v) is 12.9. The molecule has 0 aromatic rings. The number of urea groups is 1. The molecular weight excluding hydrogens is 268 g/mol. The fraction of sp³-hybridized carbons (Fsp3) is 0.867. The number of hydrogen-bond acceptors (Lipinski definition) is 3. The van der Waals surface area contributed by atoms with Crippen LogP contribution in [-0.4, -0.2) is 48.6 Å². The Kier molecular flexibility index (Phi) is 5.85. The first-order chi connectivity index (χ1) is 10.1. The van der Waals surface area contributed by atoms with Gasteiger partial charge >= 0.3 is 6.03 Å². The summed E-state index contributed by atoms with van der Waals surface area (Å²) in [5, 5.41) is 6.00. The summed E-state index contributed by atoms with van der Waals surface area (Å²) in [6, 6.07) is 0.301. The van der Waals surface area contributed by atoms with E-state index in [9.17, 15) is 9.59 Å². The van der Waals surface area contributed by atoms with Gasteiger partial charge in [0, 0.05) is 31.7 Å². The smallest absolute Gasteiger partial charge is 0.317 e. The molecule has 120 valence electrons. The van der Waals surface area contributed by atoms with E-state index in [1.54, 1.807) is 4.90 Å². The van der Waals surface area contributed by atoms with Crippen molar-refractivity contribution in [1.29, 1.82) is 0 Å². The van der Waals surface area contributed by atoms with E-state index in [2.05, 4.69) is 10.6 Å². The Bertz CT molecular complexity index is 369. The van der Waals surface area contributed by atoms with Crippen molar-refractivity contribution in [3.8, 4) is 0 Å². The maximum Gasteiger partial charge on any atom is 0.317 e. The summed E-state index contributed by atoms with van der Waals surface area (Å²) in [5.41, 5.74) is 5.53. The van der Waals surface area contributed by atoms with E-state index < -0.39 is 0 Å². The number of likely N-dealkylation sites (tertiary alicyclic amines) is 1. The van der Waals surface area contributed by atoms with Crippen LogP contribution in [0.1, 0.15) is 45.4 Å². The molecule has 0 aromatic heterocycles. The third-order valence-corrected chi connectivity index (χ3v) is 4.50. The van der Waals surface area contributed by atoms with Crippen LogP contribution in [0.25, 0.3) is 0 Å². The van der Waals surface area contributed by atoms with Crippen molar-refractivity contribution < 1.29 is 9.59 Å². The molecule has 2 rings (SSSR count). The molecule has 21 heavy (non-hydrogen) atoms. The fourth-order valence-corrected chi connectivity index (χ4v) is 3.13. The Morgan fingerprint density at radius 3 is 2.62 bits per heavy atom. The lowest BCUT2D eigenvalue weighted by atomic mass is 9.97. The SMILES string of the molecule is C[C@@H](CN)NC(=O)C1CCCN(C(=O)NC2CCCC2)C1. The number of amides is 3. The number of carbonyl (C=O) groups excluding carboxylic acids is 2. The quantitative estimate of drug-likeness (QED) is 0.717. The number of nitrogens with two attached hydrogens (primary N) is 1. The second-order valence-electron chi connectivity index (χ2n) is 6.36. The van der Waals surface area contributed by atoms with Crippen molar-refractivity contribution in [3.05, 3.63) is 0 Å². The zero-order chi connectivity index (χ0) is 15.2. The van der Waals surface area contributed by atoms with Gasteiger partial charge in [-0.15, -0.1) is 0 Å². The molecule has 0 bridgehead atoms. The van der Waals surface area contributed by atoms with Crippen LogP contribution in [0.2, 0.25) is 0 Å². The third kappa shape index (κ3) is 4.59. The van der Waals surface area contributed by atoms with Crippen molar-refractivity contribution >= 4 is 11.9 Å². The van der Waals surface area contributed by atoms with Crippen molar-refractivity contribution in [3.63, 3.8) is 0 Å². The van der Waals surface area contributed by atoms with Gasteiger partial charge in [-0.2, -0.15) is 0 Å². The molecular formula is C15H28N4O2. The maximum atomic E-state index is 12.3. The number of rotatable bonds is 4. The van der Waals surface area contributed by atoms with E-state index in [1.807, 2.05) is 6.92 Å². The number of piperidine rings is 1. The summed E-state index contributed by atoms with van der Waals surface area (Å²) in [5.74, 6) is -0.0894. The summed E-state index contributed by atoms with van der Waals surface area (Å²) >= 11 is 0. The molecule has 1 saturated heterocycles. The molecule has 0 spiro atoms. The Hall–Kier alpha value is -1.30. The molecule has 0 radical (unpaired) electrons. The average molecular weight is 296 g/mol. The molecule has 1 aliphatic carbocycles. The number of carbonyl (C=O) groups is 2. The van der Waals surface area contributed by atoms with Crippen molar-refractivity contribution in [2.24, 2.45) is 11.7 Å². The van der Waals surface area contributed by atoms with E-state index >= 15 is 0 Å². The van der Waals surface area contributed by atoms with Crippen LogP contribution < -0.4 is 16.4 Å². The lowest BCUT2D eigenvalue weighted by Crippen LogP contribution is -2.51. The Labute approximate surface area is 126 Å². The Morgan fingerprint density at radius 1 is 1.24 bits per heavy atom. The van der Waals surface area contributed by atoms with Crippen LogP contribution >= 0.6 is 0 Å². The van der Waals surface area contributed by atoms with E-state index in [0.29, 0.717) is 19.1 Å². The molecule has 2 fully saturated rings. The van der Waals surface area contributed by atoms with Gasteiger partial charge in [0.05, 0.1) is 5.92 Å². The standard InChI is InChI=1S/C15H28N4O2/c1-11(9-16)17-14(20)12-5-4-8-19(10-12)15(21)18-13-6-2-3-7-13/h11-13H,2-10,16H2,1H3,(H,17,20)(H,18,21)/t11-,12?/m0/s1. The molecule has 1 saturated carbocycles. The van der Waals surface area contributed by atoms with Gasteiger partial charge in [0.2, 0.25) is 5.91 Å². The topological polar surface area (TPSA) is 87.5 Å². The Morgan fingerprint density at radius 2 is 1.95 bits per heavy atom. The third-order valence-electron chi connectivity index (χ3n) is 4.50. The molecule has 4 N–H and O–H groups in total. The molecule has 3 amide bonds. The van der Waals surface area contributed by atoms with E-state index in [0.717, 1.165) is 32.2 Å². The number of hydrogen-bond donors (Lipinski definition) is 3. The minimum Gasteiger partial charge on any atom is -0.352 e. The lowest BCUT2D eigenvalue weighted by Gasteiger charge is -2.33. The van der Waals surface area contributed by atoms with Crippen LogP contribution in [-0.2, 0) is 4.79 Å². The van der Waals surface area contributed by atoms with Crippen molar-refractivity contribution in [2.45, 2.75) is 57.5 Å². The largest absolute Gasteiger partial charge is 0.352 e. The van der Waals surface area contributed by atoms with Gasteiger partial charge in [0.15, 0.2) is 0 Å². The fourth-order valence-electron chi connectivity index (χ4n) is 3.13. The summed E-state index contributed by atoms with van der Waals surface area (Å²) in [6.07, 6.45) is 6.29. The zero-order valence-electron chi connectivity index (χ0n) is 12.9. The van der Waals surface area contributed by atoms with Gasteiger partial charge in [-0.1, -0.05) is 12.8 Å². The van der Waals surface area contributed by atoms with Gasteiger partial charge in [0.25, 0.3) is 0 Å². The lowest BCUT2D eigenvalue weighted by molar-refractivity contribution is -0.126. The maximum absolute atomic E-state index is 12.3. The van der Waals surface area contributed by atoms with Crippen LogP contribution in [0.3, 0.4) is 0 Å². The first-order valence-corrected chi connectivity index (χ1v) is 8.16. The van der Waals surface area contributed by atoms with Crippen molar-refractivity contribution in [2.75, 3.05) is 19.6 Å². The molecule has 1 heterocycles. The van der Waals surface area contributed by atoms with E-state index in [4.69, 9.17) is 5.73 Å². The highest BCUT2D eigenvalue weighted by Crippen LogP contribution is 2.20. The predicted octanol–water partition coefficient (Wildman–Crippen LogP) is 0.814. The van der Waals surface area contributed by atoms with Crippen LogP contribution in [0.4, 0.5) is 4.79 Å². The van der Waals surface area contributed by atoms with Gasteiger partial charge in [-0.3, -0.25) is 4.79 Å². The first-order valence-electron chi connectivity index (χ1n) is 8.16. The summed E-state index contributed by atoms with van der Waals surface area (Å²) in [6.45, 7) is 3.59.